The van der Waals surface area contributed by atoms with Gasteiger partial charge in [0.25, 0.3) is 5.69 Å². The molecule has 92 valence electrons. The van der Waals surface area contributed by atoms with Crippen molar-refractivity contribution < 1.29 is 4.92 Å². The van der Waals surface area contributed by atoms with Gasteiger partial charge in [-0.05, 0) is 11.1 Å². The summed E-state index contributed by atoms with van der Waals surface area (Å²) in [4.78, 5) is 10.7. The van der Waals surface area contributed by atoms with E-state index in [0.717, 1.165) is 11.1 Å². The van der Waals surface area contributed by atoms with Crippen LogP contribution < -0.4 is 0 Å². The molecule has 0 unspecified atom stereocenters. The van der Waals surface area contributed by atoms with Gasteiger partial charge in [-0.15, -0.1) is 11.6 Å². The summed E-state index contributed by atoms with van der Waals surface area (Å²) < 4.78 is 0. The van der Waals surface area contributed by atoms with Gasteiger partial charge in [0.2, 0.25) is 0 Å². The Morgan fingerprint density at radius 2 is 1.78 bits per heavy atom. The molecule has 2 aromatic rings. The van der Waals surface area contributed by atoms with Crippen LogP contribution in [0, 0.1) is 10.1 Å². The summed E-state index contributed by atoms with van der Waals surface area (Å²) in [6.45, 7) is 0. The zero-order valence-electron chi connectivity index (χ0n) is 9.67. The molecule has 4 heteroatoms. The Morgan fingerprint density at radius 3 is 2.39 bits per heavy atom. The van der Waals surface area contributed by atoms with Crippen LogP contribution in [0.1, 0.15) is 16.7 Å². The van der Waals surface area contributed by atoms with Crippen molar-refractivity contribution in [2.24, 2.45) is 0 Å². The van der Waals surface area contributed by atoms with Gasteiger partial charge in [-0.3, -0.25) is 10.1 Å². The van der Waals surface area contributed by atoms with Crippen molar-refractivity contribution in [3.63, 3.8) is 0 Å². The molecule has 3 nitrogen and oxygen atoms in total. The van der Waals surface area contributed by atoms with E-state index in [1.165, 1.54) is 0 Å². The lowest BCUT2D eigenvalue weighted by molar-refractivity contribution is -0.385. The van der Waals surface area contributed by atoms with Gasteiger partial charge in [-0.1, -0.05) is 42.5 Å². The molecular weight excluding hydrogens is 250 g/mol. The number of hydrogen-bond donors (Lipinski definition) is 0. The van der Waals surface area contributed by atoms with Crippen LogP contribution in [-0.4, -0.2) is 4.92 Å². The Labute approximate surface area is 110 Å². The average Bonchev–Trinajstić information content (AvgIpc) is 2.40. The maximum absolute atomic E-state index is 11.0. The highest BCUT2D eigenvalue weighted by atomic mass is 35.5. The van der Waals surface area contributed by atoms with Crippen molar-refractivity contribution in [2.45, 2.75) is 12.3 Å². The number of hydrogen-bond acceptors (Lipinski definition) is 2. The first-order valence-corrected chi connectivity index (χ1v) is 6.10. The molecule has 18 heavy (non-hydrogen) atoms. The van der Waals surface area contributed by atoms with Crippen molar-refractivity contribution in [1.29, 1.82) is 0 Å². The molecule has 0 saturated heterocycles. The van der Waals surface area contributed by atoms with E-state index in [9.17, 15) is 10.1 Å². The molecule has 0 amide bonds. The fourth-order valence-electron chi connectivity index (χ4n) is 1.83. The number of halogens is 1. The second-order valence-electron chi connectivity index (χ2n) is 4.02. The van der Waals surface area contributed by atoms with Crippen LogP contribution in [0.2, 0.25) is 0 Å². The van der Waals surface area contributed by atoms with Gasteiger partial charge in [0.05, 0.1) is 4.92 Å². The van der Waals surface area contributed by atoms with E-state index in [2.05, 4.69) is 0 Å². The Kier molecular flexibility index (Phi) is 3.95. The first kappa shape index (κ1) is 12.6. The first-order chi connectivity index (χ1) is 8.70. The van der Waals surface area contributed by atoms with Crippen molar-refractivity contribution in [3.8, 4) is 0 Å². The molecule has 0 spiro atoms. The number of nitro groups is 1. The quantitative estimate of drug-likeness (QED) is 0.475. The average molecular weight is 262 g/mol. The number of alkyl halides is 1. The van der Waals surface area contributed by atoms with E-state index in [1.807, 2.05) is 36.4 Å². The van der Waals surface area contributed by atoms with E-state index in [-0.39, 0.29) is 16.5 Å². The van der Waals surface area contributed by atoms with E-state index < -0.39 is 0 Å². The van der Waals surface area contributed by atoms with Crippen molar-refractivity contribution in [1.82, 2.24) is 0 Å². The monoisotopic (exact) mass is 261 g/mol. The molecule has 2 aromatic carbocycles. The Balaban J connectivity index is 2.35. The SMILES string of the molecule is O=[N+]([O-])c1cc(CCl)ccc1Cc1ccccc1. The Hall–Kier alpha value is -1.87. The fourth-order valence-corrected chi connectivity index (χ4v) is 1.99. The van der Waals surface area contributed by atoms with Gasteiger partial charge < -0.3 is 0 Å². The van der Waals surface area contributed by atoms with Gasteiger partial charge in [0.1, 0.15) is 0 Å². The lowest BCUT2D eigenvalue weighted by atomic mass is 10.0. The lowest BCUT2D eigenvalue weighted by Crippen LogP contribution is -1.97. The third-order valence-corrected chi connectivity index (χ3v) is 3.05. The zero-order valence-corrected chi connectivity index (χ0v) is 10.4. The van der Waals surface area contributed by atoms with Gasteiger partial charge in [-0.2, -0.15) is 0 Å². The van der Waals surface area contributed by atoms with E-state index >= 15 is 0 Å². The lowest BCUT2D eigenvalue weighted by Gasteiger charge is -2.05. The summed E-state index contributed by atoms with van der Waals surface area (Å²) in [7, 11) is 0. The third-order valence-electron chi connectivity index (χ3n) is 2.74. The third kappa shape index (κ3) is 2.87. The summed E-state index contributed by atoms with van der Waals surface area (Å²) >= 11 is 5.69. The smallest absolute Gasteiger partial charge is 0.258 e. The van der Waals surface area contributed by atoms with Crippen LogP contribution in [0.3, 0.4) is 0 Å². The topological polar surface area (TPSA) is 43.1 Å². The van der Waals surface area contributed by atoms with Gasteiger partial charge >= 0.3 is 0 Å². The van der Waals surface area contributed by atoms with Gasteiger partial charge in [-0.25, -0.2) is 0 Å². The molecule has 0 radical (unpaired) electrons. The first-order valence-electron chi connectivity index (χ1n) is 5.57. The molecule has 0 N–H and O–H groups in total. The van der Waals surface area contributed by atoms with Crippen LogP contribution in [0.4, 0.5) is 5.69 Å². The van der Waals surface area contributed by atoms with Crippen LogP contribution in [0.15, 0.2) is 48.5 Å². The number of nitro benzene ring substituents is 1. The minimum absolute atomic E-state index is 0.136. The van der Waals surface area contributed by atoms with Crippen LogP contribution >= 0.6 is 11.6 Å². The highest BCUT2D eigenvalue weighted by molar-refractivity contribution is 6.17. The normalized spacial score (nSPS) is 10.3. The number of benzene rings is 2. The molecular formula is C14H12ClNO2. The van der Waals surface area contributed by atoms with Crippen molar-refractivity contribution >= 4 is 17.3 Å². The van der Waals surface area contributed by atoms with Crippen molar-refractivity contribution in [3.05, 3.63) is 75.3 Å². The molecule has 0 fully saturated rings. The summed E-state index contributed by atoms with van der Waals surface area (Å²) in [5.41, 5.74) is 2.66. The summed E-state index contributed by atoms with van der Waals surface area (Å²) in [6, 6.07) is 14.8. The maximum atomic E-state index is 11.0. The van der Waals surface area contributed by atoms with Crippen molar-refractivity contribution in [2.75, 3.05) is 0 Å². The molecule has 0 aromatic heterocycles. The number of nitrogens with zero attached hydrogens (tertiary/aromatic N) is 1. The standard InChI is InChI=1S/C14H12ClNO2/c15-10-12-6-7-13(14(9-12)16(17)18)8-11-4-2-1-3-5-11/h1-7,9H,8,10H2. The van der Waals surface area contributed by atoms with E-state index in [1.54, 1.807) is 12.1 Å². The van der Waals surface area contributed by atoms with Gasteiger partial charge in [0, 0.05) is 23.9 Å². The van der Waals surface area contributed by atoms with Crippen LogP contribution in [-0.2, 0) is 12.3 Å². The summed E-state index contributed by atoms with van der Waals surface area (Å²) in [6.07, 6.45) is 0.555. The van der Waals surface area contributed by atoms with Crippen LogP contribution in [0.25, 0.3) is 0 Å². The molecule has 0 heterocycles. The predicted octanol–water partition coefficient (Wildman–Crippen LogP) is 3.92. The maximum Gasteiger partial charge on any atom is 0.273 e. The minimum Gasteiger partial charge on any atom is -0.258 e. The second kappa shape index (κ2) is 5.65. The predicted molar refractivity (Wildman–Crippen MR) is 71.9 cm³/mol. The Bertz CT molecular complexity index is 555. The molecule has 0 aliphatic heterocycles. The fraction of sp³-hybridized carbons (Fsp3) is 0.143. The molecule has 0 bridgehead atoms. The highest BCUT2D eigenvalue weighted by Crippen LogP contribution is 2.23. The van der Waals surface area contributed by atoms with E-state index in [4.69, 9.17) is 11.6 Å². The molecule has 0 saturated carbocycles. The van der Waals surface area contributed by atoms with E-state index in [0.29, 0.717) is 12.0 Å². The molecule has 0 aliphatic rings. The summed E-state index contributed by atoms with van der Waals surface area (Å²) in [5.74, 6) is 0.284. The molecule has 2 rings (SSSR count). The van der Waals surface area contributed by atoms with Gasteiger partial charge in [0.15, 0.2) is 0 Å². The Morgan fingerprint density at radius 1 is 1.06 bits per heavy atom. The zero-order chi connectivity index (χ0) is 13.0. The van der Waals surface area contributed by atoms with Crippen LogP contribution in [0.5, 0.6) is 0 Å². The molecule has 0 atom stereocenters. The largest absolute Gasteiger partial charge is 0.273 e. The number of rotatable bonds is 4. The second-order valence-corrected chi connectivity index (χ2v) is 4.28. The summed E-state index contributed by atoms with van der Waals surface area (Å²) in [5, 5.41) is 11.0. The minimum atomic E-state index is -0.353. The molecule has 0 aliphatic carbocycles. The highest BCUT2D eigenvalue weighted by Gasteiger charge is 2.14.